The van der Waals surface area contributed by atoms with Crippen LogP contribution in [-0.2, 0) is 28.9 Å². The van der Waals surface area contributed by atoms with Gasteiger partial charge in [-0.25, -0.2) is 36.9 Å². The molecular formula is C68H73BCl3FN11O8P2S2. The van der Waals surface area contributed by atoms with Crippen molar-refractivity contribution < 1.29 is 41.2 Å². The smallest absolute Gasteiger partial charge is 0.535 e. The number of methoxy groups -OCH3 is 4. The van der Waals surface area contributed by atoms with Crippen LogP contribution in [0, 0.1) is 0 Å². The molecule has 0 aliphatic heterocycles. The van der Waals surface area contributed by atoms with Gasteiger partial charge in [0, 0.05) is 78.9 Å². The predicted molar refractivity (Wildman–Crippen MR) is 392 cm³/mol. The van der Waals surface area contributed by atoms with Crippen molar-refractivity contribution in [1.29, 1.82) is 0 Å². The molecule has 501 valence electrons. The molecule has 0 amide bonds. The lowest BCUT2D eigenvalue weighted by atomic mass is 10.0. The van der Waals surface area contributed by atoms with Crippen LogP contribution in [0.4, 0.5) is 15.8 Å². The average molecular weight is 1430 g/mol. The van der Waals surface area contributed by atoms with Gasteiger partial charge in [-0.1, -0.05) is 131 Å². The van der Waals surface area contributed by atoms with Crippen molar-refractivity contribution in [2.45, 2.75) is 49.4 Å². The Bertz CT molecular complexity index is 4200. The standard InChI is InChI=1S/C27H22ClN5O4S.C15H11ClN2S.C12H13N3O.C7H7BClO3.C6H15N.CH5FP2/c1-36-21-6-3-18(4-7-21)16-33(26-11-12-29-17-30-26)38(34,35)22-8-10-23-19(13-22)15-31-32-27(23)24-9-5-20(28)14-25(24)37-2;16-15-14-7-6-13(8-12(14)9-17-18-15)19-10-11-4-2-1-3-5-11;1-16-11-4-2-10(3-5-11)8-14-12-6-7-13-9-15-12;1-11-7-4-5(9)2-3-6(7)12-8-10;1-4-7(5-2)6-3;1-3-4-2/h3-15,17H,16H2,1-2H3;1-9H,10H2;2-7,9H,8H2,1H3,(H,13,14,15);2-4,10H,1H3;4-6H2,1-3H3;3-4H,1H3. The van der Waals surface area contributed by atoms with E-state index in [0.717, 1.165) is 40.2 Å². The fourth-order valence-corrected chi connectivity index (χ4v) is 11.6. The molecule has 0 spiro atoms. The zero-order valence-corrected chi connectivity index (χ0v) is 59.9. The molecule has 0 saturated heterocycles. The summed E-state index contributed by atoms with van der Waals surface area (Å²) in [5.74, 6) is 5.00. The van der Waals surface area contributed by atoms with Crippen molar-refractivity contribution in [1.82, 2.24) is 45.2 Å². The van der Waals surface area contributed by atoms with E-state index in [1.54, 1.807) is 118 Å². The molecule has 0 aliphatic rings. The number of benzene rings is 7. The summed E-state index contributed by atoms with van der Waals surface area (Å²) < 4.78 is 65.4. The van der Waals surface area contributed by atoms with E-state index in [9.17, 15) is 12.6 Å². The van der Waals surface area contributed by atoms with Crippen LogP contribution in [0.2, 0.25) is 15.2 Å². The van der Waals surface area contributed by atoms with Gasteiger partial charge in [0.05, 0.1) is 60.9 Å². The second-order valence-corrected chi connectivity index (χ2v) is 26.5. The number of halogens is 4. The molecule has 2 N–H and O–H groups in total. The number of nitrogens with one attached hydrogen (secondary N) is 1. The lowest BCUT2D eigenvalue weighted by Gasteiger charge is -2.23. The van der Waals surface area contributed by atoms with Crippen LogP contribution in [0.5, 0.6) is 28.7 Å². The number of thioether (sulfide) groups is 1. The van der Waals surface area contributed by atoms with Gasteiger partial charge in [0.1, 0.15) is 53.0 Å². The van der Waals surface area contributed by atoms with Gasteiger partial charge in [-0.2, -0.15) is 10.2 Å². The number of anilines is 2. The summed E-state index contributed by atoms with van der Waals surface area (Å²) >= 11 is 19.6. The van der Waals surface area contributed by atoms with Crippen LogP contribution in [-0.4, -0.2) is 121 Å². The molecule has 4 aromatic heterocycles. The highest BCUT2D eigenvalue weighted by Crippen LogP contribution is 2.37. The second-order valence-electron chi connectivity index (χ2n) is 19.7. The maximum Gasteiger partial charge on any atom is 0.569 e. The van der Waals surface area contributed by atoms with Crippen molar-refractivity contribution in [3.05, 3.63) is 233 Å². The van der Waals surface area contributed by atoms with Gasteiger partial charge in [0.25, 0.3) is 10.0 Å². The summed E-state index contributed by atoms with van der Waals surface area (Å²) in [6.45, 7) is 12.8. The van der Waals surface area contributed by atoms with Gasteiger partial charge in [0.2, 0.25) is 0 Å². The molecule has 1 radical (unpaired) electrons. The zero-order valence-electron chi connectivity index (χ0n) is 54.0. The minimum Gasteiger partial charge on any atom is -0.535 e. The zero-order chi connectivity index (χ0) is 69.1. The summed E-state index contributed by atoms with van der Waals surface area (Å²) in [7, 11) is 3.00. The predicted octanol–water partition coefficient (Wildman–Crippen LogP) is 16.2. The van der Waals surface area contributed by atoms with E-state index in [1.807, 2.05) is 61.3 Å². The Hall–Kier alpha value is -8.08. The van der Waals surface area contributed by atoms with Crippen molar-refractivity contribution in [2.75, 3.05) is 64.4 Å². The quantitative estimate of drug-likeness (QED) is 0.0366. The third kappa shape index (κ3) is 24.2. The van der Waals surface area contributed by atoms with E-state index >= 15 is 0 Å². The molecule has 96 heavy (non-hydrogen) atoms. The van der Waals surface area contributed by atoms with Gasteiger partial charge in [0.15, 0.2) is 10.9 Å². The van der Waals surface area contributed by atoms with Crippen LogP contribution in [0.3, 0.4) is 0 Å². The summed E-state index contributed by atoms with van der Waals surface area (Å²) in [6.07, 6.45) is 9.32. The average Bonchev–Trinajstić information content (AvgIpc) is 0.774. The van der Waals surface area contributed by atoms with E-state index in [2.05, 4.69) is 108 Å². The molecule has 11 aromatic rings. The second kappa shape index (κ2) is 41.8. The molecule has 0 aliphatic carbocycles. The highest BCUT2D eigenvalue weighted by Gasteiger charge is 2.27. The molecule has 0 bridgehead atoms. The van der Waals surface area contributed by atoms with Gasteiger partial charge < -0.3 is 38.8 Å². The number of rotatable bonds is 22. The number of hydrogen-bond donors (Lipinski definition) is 2. The highest BCUT2D eigenvalue weighted by atomic mass is 35.5. The lowest BCUT2D eigenvalue weighted by Crippen LogP contribution is -2.31. The van der Waals surface area contributed by atoms with E-state index in [0.29, 0.717) is 76.2 Å². The first kappa shape index (κ1) is 76.9. The summed E-state index contributed by atoms with van der Waals surface area (Å²) in [6, 6.07) is 50.0. The monoisotopic (exact) mass is 1430 g/mol. The molecule has 11 rings (SSSR count). The van der Waals surface area contributed by atoms with E-state index in [1.165, 1.54) is 72.1 Å². The molecule has 2 atom stereocenters. The Balaban J connectivity index is 0.000000210. The number of sulfonamides is 1. The van der Waals surface area contributed by atoms with Crippen LogP contribution in [0.1, 0.15) is 37.5 Å². The number of nitrogens with zero attached hydrogens (tertiary/aromatic N) is 10. The number of ether oxygens (including phenoxy) is 4. The minimum absolute atomic E-state index is 0.0587. The topological polar surface area (TPSA) is 222 Å². The Morgan fingerprint density at radius 2 is 1.22 bits per heavy atom. The SMILES string of the molecule is CCN(CC)CC.COc1cc(Cl)ccc1O[B]O.COc1ccc(CN(c2ccncn2)S(=O)(=O)c2ccc3c(-c4ccc(Cl)cc4OC)nncc3c2)cc1.COc1ccc(CNc2ccncn2)cc1.CPPF.Clc1nncc2cc(SCc3ccccc3)ccc12. The highest BCUT2D eigenvalue weighted by molar-refractivity contribution is 8.09. The Morgan fingerprint density at radius 3 is 1.79 bits per heavy atom. The molecular weight excluding hydrogens is 1360 g/mol. The van der Waals surface area contributed by atoms with Crippen molar-refractivity contribution >= 4 is 114 Å². The number of hydrogen-bond acceptors (Lipinski definition) is 19. The van der Waals surface area contributed by atoms with Gasteiger partial charge in [-0.3, -0.25) is 0 Å². The summed E-state index contributed by atoms with van der Waals surface area (Å²) in [5, 5.41) is 32.5. The van der Waals surface area contributed by atoms with E-state index < -0.39 is 10.0 Å². The molecule has 19 nitrogen and oxygen atoms in total. The first-order valence-corrected chi connectivity index (χ1v) is 36.5. The molecule has 0 saturated carbocycles. The summed E-state index contributed by atoms with van der Waals surface area (Å²) in [5.41, 5.74) is 4.49. The van der Waals surface area contributed by atoms with Gasteiger partial charge in [-0.05, 0) is 128 Å². The number of fused-ring (bicyclic) bond motifs is 2. The first-order chi connectivity index (χ1) is 46.6. The van der Waals surface area contributed by atoms with Crippen molar-refractivity contribution in [2.24, 2.45) is 0 Å². The van der Waals surface area contributed by atoms with Gasteiger partial charge in [-0.15, -0.1) is 22.0 Å². The largest absolute Gasteiger partial charge is 0.569 e. The van der Waals surface area contributed by atoms with Gasteiger partial charge >= 0.3 is 7.69 Å². The molecule has 28 heteroatoms. The molecule has 7 aromatic carbocycles. The van der Waals surface area contributed by atoms with Crippen LogP contribution in [0.15, 0.2) is 211 Å². The fourth-order valence-electron chi connectivity index (χ4n) is 8.69. The fraction of sp³-hybridized carbons (Fsp3) is 0.206. The Morgan fingerprint density at radius 1 is 0.625 bits per heavy atom. The molecule has 2 unspecified atom stereocenters. The number of aromatic nitrogens is 8. The van der Waals surface area contributed by atoms with E-state index in [4.69, 9.17) is 63.4 Å². The maximum atomic E-state index is 14.0. The molecule has 0 fully saturated rings. The van der Waals surface area contributed by atoms with Crippen LogP contribution >= 0.6 is 63.4 Å². The Kier molecular flexibility index (Phi) is 33.5. The minimum atomic E-state index is -4.03. The van der Waals surface area contributed by atoms with Crippen LogP contribution in [0.25, 0.3) is 32.8 Å². The summed E-state index contributed by atoms with van der Waals surface area (Å²) in [4.78, 5) is 19.7. The lowest BCUT2D eigenvalue weighted by molar-refractivity contribution is 0.321. The maximum absolute atomic E-state index is 14.0. The van der Waals surface area contributed by atoms with Crippen LogP contribution < -0.4 is 33.2 Å². The normalized spacial score (nSPS) is 10.7. The Labute approximate surface area is 583 Å². The van der Waals surface area contributed by atoms with Crippen molar-refractivity contribution in [3.8, 4) is 40.0 Å². The van der Waals surface area contributed by atoms with E-state index in [-0.39, 0.29) is 25.8 Å². The van der Waals surface area contributed by atoms with Crippen molar-refractivity contribution in [3.63, 3.8) is 0 Å². The third-order valence-corrected chi connectivity index (χ3v) is 18.1. The molecule has 4 heterocycles. The third-order valence-electron chi connectivity index (χ3n) is 13.7. The first-order valence-electron chi connectivity index (χ1n) is 29.6.